The SMILES string of the molecule is Cc1cc(C)n(CCCNC(=O)C(N)C2CCOCC2)n1. The van der Waals surface area contributed by atoms with Gasteiger partial charge in [-0.1, -0.05) is 0 Å². The average Bonchev–Trinajstić information content (AvgIpc) is 2.81. The van der Waals surface area contributed by atoms with Crippen LogP contribution in [0.3, 0.4) is 0 Å². The van der Waals surface area contributed by atoms with Crippen LogP contribution < -0.4 is 11.1 Å². The smallest absolute Gasteiger partial charge is 0.237 e. The Kier molecular flexibility index (Phi) is 5.76. The first-order valence-electron chi connectivity index (χ1n) is 7.70. The highest BCUT2D eigenvalue weighted by atomic mass is 16.5. The highest BCUT2D eigenvalue weighted by molar-refractivity contribution is 5.81. The van der Waals surface area contributed by atoms with E-state index in [2.05, 4.69) is 16.5 Å². The summed E-state index contributed by atoms with van der Waals surface area (Å²) in [5.41, 5.74) is 8.20. The Balaban J connectivity index is 1.68. The largest absolute Gasteiger partial charge is 0.381 e. The minimum absolute atomic E-state index is 0.0460. The van der Waals surface area contributed by atoms with Gasteiger partial charge in [-0.3, -0.25) is 9.48 Å². The van der Waals surface area contributed by atoms with Crippen molar-refractivity contribution in [2.75, 3.05) is 19.8 Å². The topological polar surface area (TPSA) is 82.2 Å². The van der Waals surface area contributed by atoms with Crippen molar-refractivity contribution in [3.63, 3.8) is 0 Å². The van der Waals surface area contributed by atoms with Gasteiger partial charge in [-0.25, -0.2) is 0 Å². The summed E-state index contributed by atoms with van der Waals surface area (Å²) in [6.45, 7) is 6.89. The first kappa shape index (κ1) is 16.0. The van der Waals surface area contributed by atoms with E-state index >= 15 is 0 Å². The molecule has 3 N–H and O–H groups in total. The molecule has 2 rings (SSSR count). The molecule has 6 nitrogen and oxygen atoms in total. The Morgan fingerprint density at radius 3 is 2.86 bits per heavy atom. The maximum atomic E-state index is 12.0. The number of hydrogen-bond donors (Lipinski definition) is 2. The third kappa shape index (κ3) is 4.54. The van der Waals surface area contributed by atoms with Gasteiger partial charge in [0.05, 0.1) is 11.7 Å². The van der Waals surface area contributed by atoms with E-state index in [1.54, 1.807) is 0 Å². The van der Waals surface area contributed by atoms with Gasteiger partial charge in [-0.2, -0.15) is 5.10 Å². The number of ether oxygens (including phenoxy) is 1. The molecule has 0 aromatic carbocycles. The molecule has 1 aliphatic rings. The van der Waals surface area contributed by atoms with Gasteiger partial charge in [0.25, 0.3) is 0 Å². The van der Waals surface area contributed by atoms with Gasteiger partial charge < -0.3 is 15.8 Å². The summed E-state index contributed by atoms with van der Waals surface area (Å²) in [5.74, 6) is 0.199. The van der Waals surface area contributed by atoms with Crippen LogP contribution in [0.5, 0.6) is 0 Å². The Hall–Kier alpha value is -1.40. The first-order chi connectivity index (χ1) is 10.1. The predicted octanol–water partition coefficient (Wildman–Crippen LogP) is 0.760. The maximum absolute atomic E-state index is 12.0. The van der Waals surface area contributed by atoms with Crippen molar-refractivity contribution in [3.8, 4) is 0 Å². The van der Waals surface area contributed by atoms with E-state index in [-0.39, 0.29) is 11.8 Å². The van der Waals surface area contributed by atoms with Crippen molar-refractivity contribution in [2.24, 2.45) is 11.7 Å². The third-order valence-corrected chi connectivity index (χ3v) is 4.03. The second-order valence-corrected chi connectivity index (χ2v) is 5.77. The summed E-state index contributed by atoms with van der Waals surface area (Å²) >= 11 is 0. The summed E-state index contributed by atoms with van der Waals surface area (Å²) in [4.78, 5) is 12.0. The van der Waals surface area contributed by atoms with E-state index < -0.39 is 6.04 Å². The van der Waals surface area contributed by atoms with Gasteiger partial charge in [0.15, 0.2) is 0 Å². The molecular formula is C15H26N4O2. The molecule has 0 bridgehead atoms. The van der Waals surface area contributed by atoms with E-state index in [9.17, 15) is 4.79 Å². The molecule has 1 amide bonds. The number of nitrogens with zero attached hydrogens (tertiary/aromatic N) is 2. The van der Waals surface area contributed by atoms with Gasteiger partial charge in [0, 0.05) is 32.0 Å². The van der Waals surface area contributed by atoms with Crippen molar-refractivity contribution in [1.29, 1.82) is 0 Å². The van der Waals surface area contributed by atoms with E-state index in [1.165, 1.54) is 0 Å². The van der Waals surface area contributed by atoms with Gasteiger partial charge in [-0.15, -0.1) is 0 Å². The lowest BCUT2D eigenvalue weighted by Crippen LogP contribution is -2.47. The molecule has 1 unspecified atom stereocenters. The van der Waals surface area contributed by atoms with Crippen LogP contribution in [0.15, 0.2) is 6.07 Å². The fourth-order valence-electron chi connectivity index (χ4n) is 2.75. The number of carbonyl (C=O) groups is 1. The summed E-state index contributed by atoms with van der Waals surface area (Å²) in [7, 11) is 0. The van der Waals surface area contributed by atoms with Crippen molar-refractivity contribution >= 4 is 5.91 Å². The van der Waals surface area contributed by atoms with Gasteiger partial charge in [0.2, 0.25) is 5.91 Å². The Morgan fingerprint density at radius 1 is 1.52 bits per heavy atom. The highest BCUT2D eigenvalue weighted by Crippen LogP contribution is 2.17. The van der Waals surface area contributed by atoms with Crippen LogP contribution in [0.1, 0.15) is 30.7 Å². The van der Waals surface area contributed by atoms with Crippen LogP contribution in [-0.2, 0) is 16.1 Å². The van der Waals surface area contributed by atoms with E-state index in [0.29, 0.717) is 19.8 Å². The molecule has 1 aromatic rings. The molecule has 6 heteroatoms. The van der Waals surface area contributed by atoms with Gasteiger partial charge in [0.1, 0.15) is 0 Å². The molecular weight excluding hydrogens is 268 g/mol. The summed E-state index contributed by atoms with van der Waals surface area (Å²) < 4.78 is 7.27. The van der Waals surface area contributed by atoms with E-state index in [4.69, 9.17) is 10.5 Å². The Labute approximate surface area is 126 Å². The zero-order chi connectivity index (χ0) is 15.2. The second-order valence-electron chi connectivity index (χ2n) is 5.77. The molecule has 118 valence electrons. The van der Waals surface area contributed by atoms with Gasteiger partial charge >= 0.3 is 0 Å². The molecule has 21 heavy (non-hydrogen) atoms. The minimum Gasteiger partial charge on any atom is -0.381 e. The molecule has 0 aliphatic carbocycles. The Morgan fingerprint density at radius 2 is 2.24 bits per heavy atom. The fraction of sp³-hybridized carbons (Fsp3) is 0.733. The van der Waals surface area contributed by atoms with Crippen molar-refractivity contribution in [2.45, 2.75) is 45.7 Å². The van der Waals surface area contributed by atoms with Crippen molar-refractivity contribution in [3.05, 3.63) is 17.5 Å². The highest BCUT2D eigenvalue weighted by Gasteiger charge is 2.26. The number of amides is 1. The van der Waals surface area contributed by atoms with Crippen LogP contribution in [0.25, 0.3) is 0 Å². The number of hydrogen-bond acceptors (Lipinski definition) is 4. The molecule has 1 saturated heterocycles. The standard InChI is InChI=1S/C15H26N4O2/c1-11-10-12(2)19(18-11)7-3-6-17-15(20)14(16)13-4-8-21-9-5-13/h10,13-14H,3-9,16H2,1-2H3,(H,17,20). The molecule has 1 aromatic heterocycles. The lowest BCUT2D eigenvalue weighted by atomic mass is 9.92. The molecule has 0 saturated carbocycles. The quantitative estimate of drug-likeness (QED) is 0.759. The van der Waals surface area contributed by atoms with Crippen LogP contribution in [0.2, 0.25) is 0 Å². The summed E-state index contributed by atoms with van der Waals surface area (Å²) in [6.07, 6.45) is 2.61. The monoisotopic (exact) mass is 294 g/mol. The van der Waals surface area contributed by atoms with Crippen LogP contribution >= 0.6 is 0 Å². The number of carbonyl (C=O) groups excluding carboxylic acids is 1. The summed E-state index contributed by atoms with van der Waals surface area (Å²) in [5, 5.41) is 7.33. The maximum Gasteiger partial charge on any atom is 0.237 e. The minimum atomic E-state index is -0.414. The molecule has 1 fully saturated rings. The Bertz CT molecular complexity index is 466. The average molecular weight is 294 g/mol. The molecule has 0 spiro atoms. The molecule has 1 aliphatic heterocycles. The molecule has 0 radical (unpaired) electrons. The van der Waals surface area contributed by atoms with E-state index in [1.807, 2.05) is 18.5 Å². The zero-order valence-electron chi connectivity index (χ0n) is 13.0. The zero-order valence-corrected chi connectivity index (χ0v) is 13.0. The fourth-order valence-corrected chi connectivity index (χ4v) is 2.75. The molecule has 1 atom stereocenters. The lowest BCUT2D eigenvalue weighted by molar-refractivity contribution is -0.124. The van der Waals surface area contributed by atoms with Crippen LogP contribution in [0, 0.1) is 19.8 Å². The first-order valence-corrected chi connectivity index (χ1v) is 7.70. The van der Waals surface area contributed by atoms with E-state index in [0.717, 1.165) is 37.2 Å². The number of rotatable bonds is 6. The number of aromatic nitrogens is 2. The summed E-state index contributed by atoms with van der Waals surface area (Å²) in [6, 6.07) is 1.64. The second kappa shape index (κ2) is 7.56. The van der Waals surface area contributed by atoms with Crippen LogP contribution in [0.4, 0.5) is 0 Å². The normalized spacial score (nSPS) is 17.7. The number of nitrogens with two attached hydrogens (primary N) is 1. The lowest BCUT2D eigenvalue weighted by Gasteiger charge is -2.26. The van der Waals surface area contributed by atoms with Crippen molar-refractivity contribution < 1.29 is 9.53 Å². The third-order valence-electron chi connectivity index (χ3n) is 4.03. The number of nitrogens with one attached hydrogen (secondary N) is 1. The van der Waals surface area contributed by atoms with Crippen molar-refractivity contribution in [1.82, 2.24) is 15.1 Å². The number of aryl methyl sites for hydroxylation is 3. The van der Waals surface area contributed by atoms with Crippen LogP contribution in [-0.4, -0.2) is 41.5 Å². The predicted molar refractivity (Wildman–Crippen MR) is 80.8 cm³/mol. The molecule has 2 heterocycles. The van der Waals surface area contributed by atoms with Gasteiger partial charge in [-0.05, 0) is 45.1 Å².